The highest BCUT2D eigenvalue weighted by atomic mass is 32.1. The van der Waals surface area contributed by atoms with Gasteiger partial charge in [0.15, 0.2) is 0 Å². The minimum atomic E-state index is -0.988. The summed E-state index contributed by atoms with van der Waals surface area (Å²) in [4.78, 5) is 37.0. The van der Waals surface area contributed by atoms with Crippen LogP contribution in [0, 0.1) is 0 Å². The molecule has 2 amide bonds. The number of hydrazone groups is 1. The molecule has 1 saturated heterocycles. The van der Waals surface area contributed by atoms with E-state index in [1.807, 2.05) is 0 Å². The van der Waals surface area contributed by atoms with Crippen molar-refractivity contribution in [1.82, 2.24) is 10.3 Å². The maximum atomic E-state index is 11.9. The van der Waals surface area contributed by atoms with Crippen molar-refractivity contribution in [1.29, 1.82) is 0 Å². The highest BCUT2D eigenvalue weighted by Gasteiger charge is 2.19. The number of hydrogen-bond donors (Lipinski definition) is 2. The predicted octanol–water partition coefficient (Wildman–Crippen LogP) is 1.69. The molecule has 1 aromatic heterocycles. The Kier molecular flexibility index (Phi) is 5.86. The molecule has 23 heavy (non-hydrogen) atoms. The Hall–Kier alpha value is -2.22. The summed E-state index contributed by atoms with van der Waals surface area (Å²) in [5.41, 5.74) is 2.95. The summed E-state index contributed by atoms with van der Waals surface area (Å²) in [6.07, 6.45) is 3.28. The SMILES string of the molecule is C/C(=N/NC(=O)CN1CCCCCC1=O)c1ccc(C(=O)O)s1. The molecule has 0 atom stereocenters. The molecule has 1 aromatic rings. The first-order valence-electron chi connectivity index (χ1n) is 7.42. The molecule has 124 valence electrons. The molecule has 0 saturated carbocycles. The van der Waals surface area contributed by atoms with Gasteiger partial charge in [-0.3, -0.25) is 9.59 Å². The summed E-state index contributed by atoms with van der Waals surface area (Å²) in [5, 5.41) is 12.9. The first-order valence-corrected chi connectivity index (χ1v) is 8.23. The third kappa shape index (κ3) is 4.88. The summed E-state index contributed by atoms with van der Waals surface area (Å²) >= 11 is 1.09. The number of thiophene rings is 1. The van der Waals surface area contributed by atoms with Crippen LogP contribution in [0.25, 0.3) is 0 Å². The monoisotopic (exact) mass is 337 g/mol. The van der Waals surface area contributed by atoms with Gasteiger partial charge in [-0.05, 0) is 31.9 Å². The van der Waals surface area contributed by atoms with Crippen LogP contribution in [0.2, 0.25) is 0 Å². The normalized spacial score (nSPS) is 16.1. The van der Waals surface area contributed by atoms with E-state index in [-0.39, 0.29) is 23.2 Å². The van der Waals surface area contributed by atoms with Crippen molar-refractivity contribution in [3.63, 3.8) is 0 Å². The van der Waals surface area contributed by atoms with Gasteiger partial charge in [0, 0.05) is 13.0 Å². The highest BCUT2D eigenvalue weighted by Crippen LogP contribution is 2.17. The number of amides is 2. The van der Waals surface area contributed by atoms with Crippen molar-refractivity contribution < 1.29 is 19.5 Å². The van der Waals surface area contributed by atoms with Crippen LogP contribution >= 0.6 is 11.3 Å². The van der Waals surface area contributed by atoms with Gasteiger partial charge in [0.2, 0.25) is 5.91 Å². The molecule has 2 heterocycles. The lowest BCUT2D eigenvalue weighted by molar-refractivity contribution is -0.135. The van der Waals surface area contributed by atoms with E-state index in [4.69, 9.17) is 5.11 Å². The molecule has 2 N–H and O–H groups in total. The van der Waals surface area contributed by atoms with Gasteiger partial charge in [0.05, 0.1) is 10.6 Å². The summed E-state index contributed by atoms with van der Waals surface area (Å²) in [7, 11) is 0. The molecule has 8 heteroatoms. The largest absolute Gasteiger partial charge is 0.477 e. The molecule has 1 aliphatic heterocycles. The first-order chi connectivity index (χ1) is 11.0. The third-order valence-corrected chi connectivity index (χ3v) is 4.71. The molecule has 1 aliphatic rings. The van der Waals surface area contributed by atoms with E-state index >= 15 is 0 Å². The van der Waals surface area contributed by atoms with Crippen LogP contribution in [0.15, 0.2) is 17.2 Å². The third-order valence-electron chi connectivity index (χ3n) is 3.53. The maximum absolute atomic E-state index is 11.9. The fourth-order valence-corrected chi connectivity index (χ4v) is 3.05. The molecule has 7 nitrogen and oxygen atoms in total. The topological polar surface area (TPSA) is 99.1 Å². The van der Waals surface area contributed by atoms with Crippen LogP contribution in [0.1, 0.15) is 47.2 Å². The van der Waals surface area contributed by atoms with Crippen LogP contribution in [0.3, 0.4) is 0 Å². The standard InChI is InChI=1S/C15H19N3O4S/c1-10(11-6-7-12(23-11)15(21)22)16-17-13(19)9-18-8-4-2-3-5-14(18)20/h6-7H,2-5,8-9H2,1H3,(H,17,19)(H,21,22)/b16-10-. The van der Waals surface area contributed by atoms with E-state index in [0.717, 1.165) is 30.6 Å². The number of nitrogens with one attached hydrogen (secondary N) is 1. The van der Waals surface area contributed by atoms with E-state index in [9.17, 15) is 14.4 Å². The average Bonchev–Trinajstić information content (AvgIpc) is 2.93. The summed E-state index contributed by atoms with van der Waals surface area (Å²) in [6, 6.07) is 3.15. The number of carbonyl (C=O) groups is 3. The Balaban J connectivity index is 1.91. The number of nitrogens with zero attached hydrogens (tertiary/aromatic N) is 2. The van der Waals surface area contributed by atoms with Crippen LogP contribution in [-0.4, -0.2) is 46.6 Å². The second-order valence-corrected chi connectivity index (χ2v) is 6.41. The second-order valence-electron chi connectivity index (χ2n) is 5.33. The average molecular weight is 337 g/mol. The van der Waals surface area contributed by atoms with Crippen molar-refractivity contribution in [2.75, 3.05) is 13.1 Å². The van der Waals surface area contributed by atoms with E-state index in [0.29, 0.717) is 23.6 Å². The van der Waals surface area contributed by atoms with Gasteiger partial charge in [-0.15, -0.1) is 11.3 Å². The van der Waals surface area contributed by atoms with Gasteiger partial charge >= 0.3 is 5.97 Å². The van der Waals surface area contributed by atoms with Gasteiger partial charge < -0.3 is 10.0 Å². The van der Waals surface area contributed by atoms with Crippen molar-refractivity contribution in [2.24, 2.45) is 5.10 Å². The zero-order valence-electron chi connectivity index (χ0n) is 12.9. The Labute approximate surface area is 138 Å². The summed E-state index contributed by atoms with van der Waals surface area (Å²) in [6.45, 7) is 2.29. The predicted molar refractivity (Wildman–Crippen MR) is 86.7 cm³/mol. The Morgan fingerprint density at radius 2 is 2.04 bits per heavy atom. The number of carbonyl (C=O) groups excluding carboxylic acids is 2. The highest BCUT2D eigenvalue weighted by molar-refractivity contribution is 7.15. The lowest BCUT2D eigenvalue weighted by Gasteiger charge is -2.18. The number of aromatic carboxylic acids is 1. The summed E-state index contributed by atoms with van der Waals surface area (Å²) < 4.78 is 0. The van der Waals surface area contributed by atoms with E-state index < -0.39 is 5.97 Å². The number of carboxylic acid groups (broad SMARTS) is 1. The van der Waals surface area contributed by atoms with Gasteiger partial charge in [-0.25, -0.2) is 10.2 Å². The second kappa shape index (κ2) is 7.87. The zero-order valence-corrected chi connectivity index (χ0v) is 13.7. The van der Waals surface area contributed by atoms with Gasteiger partial charge in [-0.2, -0.15) is 5.10 Å². The molecule has 1 fully saturated rings. The zero-order chi connectivity index (χ0) is 16.8. The van der Waals surface area contributed by atoms with E-state index in [1.165, 1.54) is 6.07 Å². The number of carboxylic acids is 1. The molecule has 0 spiro atoms. The lowest BCUT2D eigenvalue weighted by Crippen LogP contribution is -2.39. The van der Waals surface area contributed by atoms with Crippen molar-refractivity contribution >= 4 is 34.8 Å². The minimum absolute atomic E-state index is 0.000426. The van der Waals surface area contributed by atoms with Gasteiger partial charge in [0.25, 0.3) is 5.91 Å². The molecule has 0 unspecified atom stereocenters. The van der Waals surface area contributed by atoms with Gasteiger partial charge in [-0.1, -0.05) is 6.42 Å². The van der Waals surface area contributed by atoms with Crippen LogP contribution < -0.4 is 5.43 Å². The molecule has 0 aliphatic carbocycles. The smallest absolute Gasteiger partial charge is 0.345 e. The fraction of sp³-hybridized carbons (Fsp3) is 0.467. The number of hydrogen-bond acceptors (Lipinski definition) is 5. The molecule has 0 radical (unpaired) electrons. The molecule has 0 bridgehead atoms. The Morgan fingerprint density at radius 1 is 1.30 bits per heavy atom. The van der Waals surface area contributed by atoms with E-state index in [1.54, 1.807) is 17.9 Å². The molecular weight excluding hydrogens is 318 g/mol. The van der Waals surface area contributed by atoms with E-state index in [2.05, 4.69) is 10.5 Å². The fourth-order valence-electron chi connectivity index (χ4n) is 2.26. The summed E-state index contributed by atoms with van der Waals surface area (Å²) in [5.74, 6) is -1.34. The Morgan fingerprint density at radius 3 is 2.74 bits per heavy atom. The Bertz CT molecular complexity index is 638. The van der Waals surface area contributed by atoms with Crippen LogP contribution in [0.4, 0.5) is 0 Å². The van der Waals surface area contributed by atoms with Crippen molar-refractivity contribution in [2.45, 2.75) is 32.6 Å². The van der Waals surface area contributed by atoms with Crippen molar-refractivity contribution in [3.05, 3.63) is 21.9 Å². The van der Waals surface area contributed by atoms with Crippen molar-refractivity contribution in [3.8, 4) is 0 Å². The van der Waals surface area contributed by atoms with Gasteiger partial charge in [0.1, 0.15) is 11.4 Å². The quantitative estimate of drug-likeness (QED) is 0.631. The molecule has 0 aromatic carbocycles. The minimum Gasteiger partial charge on any atom is -0.477 e. The molecular formula is C15H19N3O4S. The van der Waals surface area contributed by atoms with Crippen LogP contribution in [0.5, 0.6) is 0 Å². The lowest BCUT2D eigenvalue weighted by atomic mass is 10.2. The van der Waals surface area contributed by atoms with Crippen LogP contribution in [-0.2, 0) is 9.59 Å². The molecule has 2 rings (SSSR count). The first kappa shape index (κ1) is 17.1. The maximum Gasteiger partial charge on any atom is 0.345 e. The number of likely N-dealkylation sites (tertiary alicyclic amines) is 1. The number of rotatable bonds is 5.